The zero-order chi connectivity index (χ0) is 15.5. The van der Waals surface area contributed by atoms with Gasteiger partial charge in [-0.3, -0.25) is 4.57 Å². The van der Waals surface area contributed by atoms with Gasteiger partial charge in [0.25, 0.3) is 15.2 Å². The Labute approximate surface area is 124 Å². The van der Waals surface area contributed by atoms with Crippen LogP contribution < -0.4 is 5.14 Å². The predicted molar refractivity (Wildman–Crippen MR) is 75.1 cm³/mol. The average molecular weight is 318 g/mol. The molecule has 2 rings (SSSR count). The highest BCUT2D eigenvalue weighted by Gasteiger charge is 2.32. The number of primary sulfonamides is 1. The van der Waals surface area contributed by atoms with E-state index in [1.54, 1.807) is 7.11 Å². The second kappa shape index (κ2) is 6.82. The topological polar surface area (TPSA) is 109 Å². The van der Waals surface area contributed by atoms with Crippen molar-refractivity contribution < 1.29 is 17.9 Å². The molecule has 0 unspecified atom stereocenters. The third kappa shape index (κ3) is 4.00. The molecule has 1 saturated carbocycles. The smallest absolute Gasteiger partial charge is 0.273 e. The highest BCUT2D eigenvalue weighted by atomic mass is 32.2. The standard InChI is InChI=1S/C12H22N4O4S/c1-3-20-10-6-9(7-10)8-11-14-15-12(21(13,17)18)16(11)4-5-19-2/h9-10H,3-8H2,1-2H3,(H2,13,17,18). The van der Waals surface area contributed by atoms with Crippen molar-refractivity contribution in [2.75, 3.05) is 20.3 Å². The lowest BCUT2D eigenvalue weighted by Gasteiger charge is -2.34. The van der Waals surface area contributed by atoms with Crippen LogP contribution in [-0.2, 0) is 32.5 Å². The van der Waals surface area contributed by atoms with E-state index in [9.17, 15) is 8.42 Å². The van der Waals surface area contributed by atoms with Gasteiger partial charge in [-0.25, -0.2) is 13.6 Å². The normalized spacial score (nSPS) is 22.2. The lowest BCUT2D eigenvalue weighted by atomic mass is 9.80. The molecule has 1 heterocycles. The molecule has 8 nitrogen and oxygen atoms in total. The number of rotatable bonds is 8. The van der Waals surface area contributed by atoms with E-state index in [0.717, 1.165) is 19.4 Å². The summed E-state index contributed by atoms with van der Waals surface area (Å²) in [4.78, 5) is 0. The number of sulfonamides is 1. The second-order valence-corrected chi connectivity index (χ2v) is 6.66. The first-order valence-electron chi connectivity index (χ1n) is 7.01. The molecular formula is C12H22N4O4S. The Morgan fingerprint density at radius 1 is 1.38 bits per heavy atom. The van der Waals surface area contributed by atoms with Crippen LogP contribution in [0.25, 0.3) is 0 Å². The molecule has 1 aliphatic rings. The van der Waals surface area contributed by atoms with E-state index < -0.39 is 10.0 Å². The maximum atomic E-state index is 11.5. The average Bonchev–Trinajstić information content (AvgIpc) is 2.76. The van der Waals surface area contributed by atoms with Gasteiger partial charge in [0.05, 0.1) is 12.7 Å². The van der Waals surface area contributed by atoms with Crippen molar-refractivity contribution in [3.63, 3.8) is 0 Å². The van der Waals surface area contributed by atoms with Gasteiger partial charge in [0, 0.05) is 26.7 Å². The van der Waals surface area contributed by atoms with Crippen LogP contribution in [0.15, 0.2) is 5.16 Å². The molecule has 21 heavy (non-hydrogen) atoms. The summed E-state index contributed by atoms with van der Waals surface area (Å²) in [5.41, 5.74) is 0. The minimum absolute atomic E-state index is 0.199. The van der Waals surface area contributed by atoms with Crippen LogP contribution in [0.3, 0.4) is 0 Å². The number of hydrogen-bond acceptors (Lipinski definition) is 6. The number of nitrogens with two attached hydrogens (primary N) is 1. The van der Waals surface area contributed by atoms with E-state index in [2.05, 4.69) is 10.2 Å². The van der Waals surface area contributed by atoms with Gasteiger partial charge in [0.2, 0.25) is 0 Å². The van der Waals surface area contributed by atoms with E-state index in [4.69, 9.17) is 14.6 Å². The van der Waals surface area contributed by atoms with E-state index in [1.807, 2.05) is 6.92 Å². The lowest BCUT2D eigenvalue weighted by molar-refractivity contribution is -0.0248. The number of ether oxygens (including phenoxy) is 2. The van der Waals surface area contributed by atoms with Crippen LogP contribution in [0.5, 0.6) is 0 Å². The molecule has 120 valence electrons. The van der Waals surface area contributed by atoms with Crippen LogP contribution in [-0.4, -0.2) is 49.6 Å². The zero-order valence-electron chi connectivity index (χ0n) is 12.4. The van der Waals surface area contributed by atoms with Gasteiger partial charge in [0.1, 0.15) is 5.82 Å². The Hall–Kier alpha value is -1.03. The number of nitrogens with zero attached hydrogens (tertiary/aromatic N) is 3. The maximum Gasteiger partial charge on any atom is 0.273 e. The molecule has 9 heteroatoms. The Bertz CT molecular complexity index is 566. The van der Waals surface area contributed by atoms with Gasteiger partial charge in [-0.2, -0.15) is 0 Å². The highest BCUT2D eigenvalue weighted by molar-refractivity contribution is 7.89. The fraction of sp³-hybridized carbons (Fsp3) is 0.833. The molecular weight excluding hydrogens is 296 g/mol. The summed E-state index contributed by atoms with van der Waals surface area (Å²) in [6.07, 6.45) is 2.93. The van der Waals surface area contributed by atoms with E-state index in [1.165, 1.54) is 4.57 Å². The molecule has 0 saturated heterocycles. The predicted octanol–water partition coefficient (Wildman–Crippen LogP) is -0.0705. The van der Waals surface area contributed by atoms with Crippen molar-refractivity contribution in [3.8, 4) is 0 Å². The molecule has 1 aliphatic carbocycles. The van der Waals surface area contributed by atoms with Crippen LogP contribution >= 0.6 is 0 Å². The Morgan fingerprint density at radius 3 is 2.67 bits per heavy atom. The minimum atomic E-state index is -3.88. The van der Waals surface area contributed by atoms with Crippen LogP contribution in [0, 0.1) is 5.92 Å². The van der Waals surface area contributed by atoms with Crippen molar-refractivity contribution in [2.45, 2.75) is 44.0 Å². The van der Waals surface area contributed by atoms with Gasteiger partial charge in [-0.15, -0.1) is 10.2 Å². The molecule has 0 bridgehead atoms. The maximum absolute atomic E-state index is 11.5. The lowest BCUT2D eigenvalue weighted by Crippen LogP contribution is -2.33. The highest BCUT2D eigenvalue weighted by Crippen LogP contribution is 2.32. The van der Waals surface area contributed by atoms with Gasteiger partial charge in [-0.05, 0) is 25.7 Å². The largest absolute Gasteiger partial charge is 0.383 e. The quantitative estimate of drug-likeness (QED) is 0.718. The first-order valence-corrected chi connectivity index (χ1v) is 8.55. The minimum Gasteiger partial charge on any atom is -0.383 e. The van der Waals surface area contributed by atoms with Crippen molar-refractivity contribution >= 4 is 10.0 Å². The fourth-order valence-corrected chi connectivity index (χ4v) is 3.22. The number of methoxy groups -OCH3 is 1. The van der Waals surface area contributed by atoms with Gasteiger partial charge in [-0.1, -0.05) is 0 Å². The Kier molecular flexibility index (Phi) is 5.31. The SMILES string of the molecule is CCOC1CC(Cc2nnc(S(N)(=O)=O)n2CCOC)C1. The Balaban J connectivity index is 2.07. The molecule has 0 aliphatic heterocycles. The second-order valence-electron chi connectivity index (χ2n) is 5.21. The van der Waals surface area contributed by atoms with E-state index >= 15 is 0 Å². The van der Waals surface area contributed by atoms with Crippen LogP contribution in [0.4, 0.5) is 0 Å². The van der Waals surface area contributed by atoms with Crippen LogP contribution in [0.1, 0.15) is 25.6 Å². The number of hydrogen-bond donors (Lipinski definition) is 1. The van der Waals surface area contributed by atoms with Crippen molar-refractivity contribution in [2.24, 2.45) is 11.1 Å². The Morgan fingerprint density at radius 2 is 2.10 bits per heavy atom. The fourth-order valence-electron chi connectivity index (χ4n) is 2.56. The summed E-state index contributed by atoms with van der Waals surface area (Å²) in [5, 5.41) is 12.7. The molecule has 0 radical (unpaired) electrons. The van der Waals surface area contributed by atoms with Gasteiger partial charge in [0.15, 0.2) is 0 Å². The monoisotopic (exact) mass is 318 g/mol. The van der Waals surface area contributed by atoms with Gasteiger partial charge < -0.3 is 9.47 Å². The van der Waals surface area contributed by atoms with Gasteiger partial charge >= 0.3 is 0 Å². The summed E-state index contributed by atoms with van der Waals surface area (Å²) < 4.78 is 35.1. The molecule has 0 amide bonds. The summed E-state index contributed by atoms with van der Waals surface area (Å²) >= 11 is 0. The molecule has 2 N–H and O–H groups in total. The molecule has 0 aromatic carbocycles. The van der Waals surface area contributed by atoms with Crippen molar-refractivity contribution in [3.05, 3.63) is 5.82 Å². The van der Waals surface area contributed by atoms with Crippen LogP contribution in [0.2, 0.25) is 0 Å². The van der Waals surface area contributed by atoms with Crippen molar-refractivity contribution in [1.29, 1.82) is 0 Å². The first-order chi connectivity index (χ1) is 9.95. The third-order valence-corrected chi connectivity index (χ3v) is 4.44. The molecule has 1 aromatic heterocycles. The molecule has 0 spiro atoms. The summed E-state index contributed by atoms with van der Waals surface area (Å²) in [7, 11) is -2.32. The first kappa shape index (κ1) is 16.3. The number of aromatic nitrogens is 3. The summed E-state index contributed by atoms with van der Waals surface area (Å²) in [5.74, 6) is 1.08. The van der Waals surface area contributed by atoms with E-state index in [-0.39, 0.29) is 5.16 Å². The summed E-state index contributed by atoms with van der Waals surface area (Å²) in [6, 6.07) is 0. The molecule has 0 atom stereocenters. The summed E-state index contributed by atoms with van der Waals surface area (Å²) in [6.45, 7) is 3.44. The van der Waals surface area contributed by atoms with Crippen molar-refractivity contribution in [1.82, 2.24) is 14.8 Å². The third-order valence-electron chi connectivity index (χ3n) is 3.63. The molecule has 1 aromatic rings. The molecule has 1 fully saturated rings. The zero-order valence-corrected chi connectivity index (χ0v) is 13.2. The van der Waals surface area contributed by atoms with E-state index in [0.29, 0.717) is 37.4 Å².